The number of carbonyl (C=O) groups is 2. The normalized spacial score (nSPS) is 19.7. The lowest BCUT2D eigenvalue weighted by Crippen LogP contribution is -2.56. The smallest absolute Gasteiger partial charge is 0.274 e. The van der Waals surface area contributed by atoms with Crippen LogP contribution in [0.15, 0.2) is 18.6 Å². The molecule has 3 rings (SSSR count). The first-order chi connectivity index (χ1) is 9.74. The Bertz CT molecular complexity index is 493. The Morgan fingerprint density at radius 2 is 1.95 bits per heavy atom. The van der Waals surface area contributed by atoms with Crippen molar-refractivity contribution >= 4 is 11.8 Å². The Morgan fingerprint density at radius 1 is 1.20 bits per heavy atom. The van der Waals surface area contributed by atoms with Gasteiger partial charge in [0.1, 0.15) is 5.69 Å². The van der Waals surface area contributed by atoms with Crippen LogP contribution in [0.5, 0.6) is 0 Å². The fraction of sp³-hybridized carbons (Fsp3) is 0.571. The van der Waals surface area contributed by atoms with Crippen molar-refractivity contribution in [1.29, 1.82) is 0 Å². The molecule has 0 atom stereocenters. The van der Waals surface area contributed by atoms with Crippen molar-refractivity contribution in [3.8, 4) is 0 Å². The third kappa shape index (κ3) is 2.64. The summed E-state index contributed by atoms with van der Waals surface area (Å²) in [6, 6.07) is 0.340. The van der Waals surface area contributed by atoms with Crippen molar-refractivity contribution in [2.24, 2.45) is 5.92 Å². The van der Waals surface area contributed by atoms with E-state index in [0.717, 1.165) is 12.8 Å². The minimum absolute atomic E-state index is 0.0729. The van der Waals surface area contributed by atoms with E-state index in [1.165, 1.54) is 31.4 Å². The van der Waals surface area contributed by atoms with Crippen molar-refractivity contribution in [2.75, 3.05) is 13.1 Å². The first-order valence-corrected chi connectivity index (χ1v) is 7.09. The summed E-state index contributed by atoms with van der Waals surface area (Å²) in [6.07, 6.45) is 9.05. The van der Waals surface area contributed by atoms with Gasteiger partial charge in [0.25, 0.3) is 5.91 Å². The zero-order valence-corrected chi connectivity index (χ0v) is 11.3. The van der Waals surface area contributed by atoms with Gasteiger partial charge in [0.05, 0.1) is 12.1 Å². The largest absolute Gasteiger partial charge is 0.353 e. The Hall–Kier alpha value is -1.98. The molecule has 2 amide bonds. The molecule has 1 aromatic heterocycles. The summed E-state index contributed by atoms with van der Waals surface area (Å²) < 4.78 is 0. The molecule has 2 aliphatic rings. The fourth-order valence-electron chi connectivity index (χ4n) is 2.77. The molecule has 0 spiro atoms. The molecule has 20 heavy (non-hydrogen) atoms. The molecule has 2 fully saturated rings. The monoisotopic (exact) mass is 274 g/mol. The second-order valence-electron chi connectivity index (χ2n) is 5.49. The number of hydrogen-bond acceptors (Lipinski definition) is 4. The number of amides is 2. The highest BCUT2D eigenvalue weighted by atomic mass is 16.2. The molecule has 0 aromatic carbocycles. The van der Waals surface area contributed by atoms with Gasteiger partial charge in [-0.15, -0.1) is 0 Å². The van der Waals surface area contributed by atoms with Crippen molar-refractivity contribution in [1.82, 2.24) is 20.2 Å². The summed E-state index contributed by atoms with van der Waals surface area (Å²) in [5, 5.41) is 3.08. The summed E-state index contributed by atoms with van der Waals surface area (Å²) in [5.41, 5.74) is 0.335. The van der Waals surface area contributed by atoms with Gasteiger partial charge in [0.2, 0.25) is 5.91 Å². The van der Waals surface area contributed by atoms with E-state index < -0.39 is 0 Å². The van der Waals surface area contributed by atoms with Crippen molar-refractivity contribution in [2.45, 2.75) is 31.7 Å². The topological polar surface area (TPSA) is 75.2 Å². The standard InChI is InChI=1S/C14H18N4O2/c19-13(17-11-3-1-2-4-11)10-8-18(9-10)14(20)12-7-15-5-6-16-12/h5-7,10-11H,1-4,8-9H2,(H,17,19). The van der Waals surface area contributed by atoms with Crippen LogP contribution in [-0.2, 0) is 4.79 Å². The maximum absolute atomic E-state index is 12.0. The molecule has 1 aromatic rings. The van der Waals surface area contributed by atoms with Crippen LogP contribution in [0.4, 0.5) is 0 Å². The molecule has 0 bridgehead atoms. The van der Waals surface area contributed by atoms with Gasteiger partial charge < -0.3 is 10.2 Å². The second kappa shape index (κ2) is 5.56. The van der Waals surface area contributed by atoms with E-state index in [2.05, 4.69) is 15.3 Å². The molecular formula is C14H18N4O2. The van der Waals surface area contributed by atoms with E-state index in [1.807, 2.05) is 0 Å². The van der Waals surface area contributed by atoms with Crippen LogP contribution in [0.3, 0.4) is 0 Å². The number of carbonyl (C=O) groups excluding carboxylic acids is 2. The van der Waals surface area contributed by atoms with E-state index >= 15 is 0 Å². The molecule has 2 heterocycles. The summed E-state index contributed by atoms with van der Waals surface area (Å²) in [6.45, 7) is 0.960. The van der Waals surface area contributed by atoms with Gasteiger partial charge in [0, 0.05) is 31.5 Å². The van der Waals surface area contributed by atoms with Gasteiger partial charge in [-0.05, 0) is 12.8 Å². The molecule has 0 unspecified atom stereocenters. The molecule has 6 nitrogen and oxygen atoms in total. The number of aromatic nitrogens is 2. The zero-order valence-electron chi connectivity index (χ0n) is 11.3. The Morgan fingerprint density at radius 3 is 2.60 bits per heavy atom. The van der Waals surface area contributed by atoms with Crippen LogP contribution in [0, 0.1) is 5.92 Å². The number of nitrogens with one attached hydrogen (secondary N) is 1. The number of likely N-dealkylation sites (tertiary alicyclic amines) is 1. The van der Waals surface area contributed by atoms with Crippen LogP contribution < -0.4 is 5.32 Å². The van der Waals surface area contributed by atoms with E-state index in [-0.39, 0.29) is 17.7 Å². The number of hydrogen-bond donors (Lipinski definition) is 1. The molecule has 6 heteroatoms. The molecule has 1 saturated heterocycles. The third-order valence-electron chi connectivity index (χ3n) is 4.02. The van der Waals surface area contributed by atoms with Gasteiger partial charge in [-0.1, -0.05) is 12.8 Å². The first kappa shape index (κ1) is 13.0. The summed E-state index contributed by atoms with van der Waals surface area (Å²) >= 11 is 0. The Labute approximate surface area is 117 Å². The number of nitrogens with zero attached hydrogens (tertiary/aromatic N) is 3. The van der Waals surface area contributed by atoms with Crippen LogP contribution in [-0.4, -0.2) is 45.8 Å². The lowest BCUT2D eigenvalue weighted by Gasteiger charge is -2.38. The van der Waals surface area contributed by atoms with Gasteiger partial charge in [-0.25, -0.2) is 4.98 Å². The van der Waals surface area contributed by atoms with E-state index in [9.17, 15) is 9.59 Å². The Kier molecular flexibility index (Phi) is 3.62. The highest BCUT2D eigenvalue weighted by Crippen LogP contribution is 2.21. The maximum atomic E-state index is 12.0. The van der Waals surface area contributed by atoms with Crippen molar-refractivity contribution in [3.63, 3.8) is 0 Å². The van der Waals surface area contributed by atoms with Gasteiger partial charge in [-0.3, -0.25) is 14.6 Å². The van der Waals surface area contributed by atoms with Crippen LogP contribution in [0.1, 0.15) is 36.2 Å². The third-order valence-corrected chi connectivity index (χ3v) is 4.02. The molecule has 1 N–H and O–H groups in total. The van der Waals surface area contributed by atoms with Crippen LogP contribution in [0.25, 0.3) is 0 Å². The van der Waals surface area contributed by atoms with Gasteiger partial charge in [-0.2, -0.15) is 0 Å². The average Bonchev–Trinajstić information content (AvgIpc) is 2.90. The SMILES string of the molecule is O=C(NC1CCCC1)C1CN(C(=O)c2cnccn2)C1. The van der Waals surface area contributed by atoms with E-state index in [0.29, 0.717) is 24.8 Å². The second-order valence-corrected chi connectivity index (χ2v) is 5.49. The molecule has 1 aliphatic heterocycles. The highest BCUT2D eigenvalue weighted by Gasteiger charge is 2.37. The fourth-order valence-corrected chi connectivity index (χ4v) is 2.77. The maximum Gasteiger partial charge on any atom is 0.274 e. The van der Waals surface area contributed by atoms with Gasteiger partial charge >= 0.3 is 0 Å². The summed E-state index contributed by atoms with van der Waals surface area (Å²) in [5.74, 6) is -0.140. The first-order valence-electron chi connectivity index (χ1n) is 7.09. The molecule has 106 valence electrons. The highest BCUT2D eigenvalue weighted by molar-refractivity contribution is 5.94. The van der Waals surface area contributed by atoms with Crippen LogP contribution in [0.2, 0.25) is 0 Å². The van der Waals surface area contributed by atoms with Crippen molar-refractivity contribution in [3.05, 3.63) is 24.3 Å². The predicted octanol–water partition coefficient (Wildman–Crippen LogP) is 0.607. The van der Waals surface area contributed by atoms with E-state index in [4.69, 9.17) is 0 Å². The lowest BCUT2D eigenvalue weighted by molar-refractivity contribution is -0.129. The molecule has 0 radical (unpaired) electrons. The lowest BCUT2D eigenvalue weighted by atomic mass is 9.98. The minimum atomic E-state index is -0.150. The predicted molar refractivity (Wildman–Crippen MR) is 71.8 cm³/mol. The number of rotatable bonds is 3. The summed E-state index contributed by atoms with van der Waals surface area (Å²) in [7, 11) is 0. The molecule has 1 saturated carbocycles. The quantitative estimate of drug-likeness (QED) is 0.876. The summed E-state index contributed by atoms with van der Waals surface area (Å²) in [4.78, 5) is 33.5. The van der Waals surface area contributed by atoms with Gasteiger partial charge in [0.15, 0.2) is 0 Å². The Balaban J connectivity index is 1.48. The molecule has 1 aliphatic carbocycles. The van der Waals surface area contributed by atoms with Crippen LogP contribution >= 0.6 is 0 Å². The van der Waals surface area contributed by atoms with Crippen molar-refractivity contribution < 1.29 is 9.59 Å². The van der Waals surface area contributed by atoms with E-state index in [1.54, 1.807) is 4.90 Å². The zero-order chi connectivity index (χ0) is 13.9. The minimum Gasteiger partial charge on any atom is -0.353 e. The average molecular weight is 274 g/mol. The molecular weight excluding hydrogens is 256 g/mol.